The fourth-order valence-electron chi connectivity index (χ4n) is 1.55. The standard InChI is InChI=1S/C10H15N3O/c1-7-4-9(11)10(12-5-7)13-8-2-3-14-6-8/h4-5,8H,2-3,6,11H2,1H3,(H,12,13). The van der Waals surface area contributed by atoms with Crippen molar-refractivity contribution in [2.24, 2.45) is 0 Å². The number of anilines is 2. The molecule has 0 bridgehead atoms. The summed E-state index contributed by atoms with van der Waals surface area (Å²) in [7, 11) is 0. The smallest absolute Gasteiger partial charge is 0.149 e. The van der Waals surface area contributed by atoms with E-state index in [0.29, 0.717) is 11.7 Å². The van der Waals surface area contributed by atoms with Crippen molar-refractivity contribution in [2.45, 2.75) is 19.4 Å². The van der Waals surface area contributed by atoms with Gasteiger partial charge in [-0.2, -0.15) is 0 Å². The zero-order valence-corrected chi connectivity index (χ0v) is 8.29. The molecule has 76 valence electrons. The molecular weight excluding hydrogens is 178 g/mol. The minimum atomic E-state index is 0.354. The molecule has 1 fully saturated rings. The van der Waals surface area contributed by atoms with Gasteiger partial charge in [0.15, 0.2) is 0 Å². The van der Waals surface area contributed by atoms with Crippen molar-refractivity contribution in [2.75, 3.05) is 24.3 Å². The molecule has 0 aliphatic carbocycles. The first kappa shape index (κ1) is 9.27. The Morgan fingerprint density at radius 3 is 3.14 bits per heavy atom. The summed E-state index contributed by atoms with van der Waals surface area (Å²) in [5.74, 6) is 0.770. The van der Waals surface area contributed by atoms with Crippen molar-refractivity contribution < 1.29 is 4.74 Å². The van der Waals surface area contributed by atoms with Crippen LogP contribution in [-0.2, 0) is 4.74 Å². The number of nitrogen functional groups attached to an aromatic ring is 1. The Morgan fingerprint density at radius 1 is 1.64 bits per heavy atom. The molecule has 0 saturated carbocycles. The number of hydrogen-bond acceptors (Lipinski definition) is 4. The largest absolute Gasteiger partial charge is 0.396 e. The molecular formula is C10H15N3O. The zero-order valence-electron chi connectivity index (χ0n) is 8.29. The Kier molecular flexibility index (Phi) is 2.54. The lowest BCUT2D eigenvalue weighted by Crippen LogP contribution is -2.20. The van der Waals surface area contributed by atoms with Gasteiger partial charge in [0, 0.05) is 12.8 Å². The minimum Gasteiger partial charge on any atom is -0.396 e. The lowest BCUT2D eigenvalue weighted by molar-refractivity contribution is 0.195. The van der Waals surface area contributed by atoms with Crippen LogP contribution in [0.25, 0.3) is 0 Å². The van der Waals surface area contributed by atoms with Crippen LogP contribution >= 0.6 is 0 Å². The van der Waals surface area contributed by atoms with Gasteiger partial charge in [0.05, 0.1) is 18.3 Å². The van der Waals surface area contributed by atoms with E-state index >= 15 is 0 Å². The van der Waals surface area contributed by atoms with Crippen LogP contribution in [0.15, 0.2) is 12.3 Å². The maximum atomic E-state index is 5.83. The van der Waals surface area contributed by atoms with E-state index in [1.165, 1.54) is 0 Å². The molecule has 0 amide bonds. The second kappa shape index (κ2) is 3.84. The van der Waals surface area contributed by atoms with Gasteiger partial charge in [-0.05, 0) is 25.0 Å². The molecule has 0 aromatic carbocycles. The Balaban J connectivity index is 2.08. The number of aromatic nitrogens is 1. The van der Waals surface area contributed by atoms with Crippen molar-refractivity contribution in [3.8, 4) is 0 Å². The second-order valence-electron chi connectivity index (χ2n) is 3.66. The van der Waals surface area contributed by atoms with E-state index in [0.717, 1.165) is 31.0 Å². The highest BCUT2D eigenvalue weighted by Gasteiger charge is 2.16. The van der Waals surface area contributed by atoms with Gasteiger partial charge >= 0.3 is 0 Å². The Bertz CT molecular complexity index is 321. The van der Waals surface area contributed by atoms with Gasteiger partial charge in [-0.3, -0.25) is 0 Å². The molecule has 1 aromatic heterocycles. The van der Waals surface area contributed by atoms with Crippen molar-refractivity contribution in [1.82, 2.24) is 4.98 Å². The predicted octanol–water partition coefficient (Wildman–Crippen LogP) is 1.17. The lowest BCUT2D eigenvalue weighted by Gasteiger charge is -2.13. The molecule has 4 heteroatoms. The third-order valence-electron chi connectivity index (χ3n) is 2.32. The summed E-state index contributed by atoms with van der Waals surface area (Å²) in [5, 5.41) is 3.28. The zero-order chi connectivity index (χ0) is 9.97. The van der Waals surface area contributed by atoms with E-state index < -0.39 is 0 Å². The van der Waals surface area contributed by atoms with Gasteiger partial charge in [-0.25, -0.2) is 4.98 Å². The molecule has 2 rings (SSSR count). The lowest BCUT2D eigenvalue weighted by atomic mass is 10.2. The summed E-state index contributed by atoms with van der Waals surface area (Å²) in [6, 6.07) is 2.28. The Hall–Kier alpha value is -1.29. The van der Waals surface area contributed by atoms with Crippen molar-refractivity contribution in [3.63, 3.8) is 0 Å². The molecule has 1 unspecified atom stereocenters. The molecule has 4 nitrogen and oxygen atoms in total. The fraction of sp³-hybridized carbons (Fsp3) is 0.500. The van der Waals surface area contributed by atoms with Crippen LogP contribution in [0, 0.1) is 6.92 Å². The molecule has 1 aromatic rings. The highest BCUT2D eigenvalue weighted by atomic mass is 16.5. The maximum absolute atomic E-state index is 5.83. The Morgan fingerprint density at radius 2 is 2.50 bits per heavy atom. The monoisotopic (exact) mass is 193 g/mol. The number of hydrogen-bond donors (Lipinski definition) is 2. The predicted molar refractivity (Wildman–Crippen MR) is 56.2 cm³/mol. The highest BCUT2D eigenvalue weighted by Crippen LogP contribution is 2.18. The van der Waals surface area contributed by atoms with Gasteiger partial charge in [0.25, 0.3) is 0 Å². The average molecular weight is 193 g/mol. The molecule has 0 radical (unpaired) electrons. The number of ether oxygens (including phenoxy) is 1. The molecule has 1 aliphatic rings. The molecule has 3 N–H and O–H groups in total. The minimum absolute atomic E-state index is 0.354. The van der Waals surface area contributed by atoms with E-state index in [2.05, 4.69) is 10.3 Å². The fourth-order valence-corrected chi connectivity index (χ4v) is 1.55. The van der Waals surface area contributed by atoms with E-state index in [1.807, 2.05) is 19.2 Å². The highest BCUT2D eigenvalue weighted by molar-refractivity contribution is 5.62. The number of pyridine rings is 1. The van der Waals surface area contributed by atoms with E-state index in [4.69, 9.17) is 10.5 Å². The quantitative estimate of drug-likeness (QED) is 0.740. The third kappa shape index (κ3) is 1.96. The van der Waals surface area contributed by atoms with Gasteiger partial charge in [-0.15, -0.1) is 0 Å². The van der Waals surface area contributed by atoms with E-state index in [9.17, 15) is 0 Å². The van der Waals surface area contributed by atoms with Crippen LogP contribution in [0.1, 0.15) is 12.0 Å². The first-order chi connectivity index (χ1) is 6.75. The normalized spacial score (nSPS) is 21.1. The molecule has 1 saturated heterocycles. The number of nitrogens with zero attached hydrogens (tertiary/aromatic N) is 1. The average Bonchev–Trinajstić information content (AvgIpc) is 2.62. The van der Waals surface area contributed by atoms with Crippen LogP contribution in [0.2, 0.25) is 0 Å². The SMILES string of the molecule is Cc1cnc(NC2CCOC2)c(N)c1. The van der Waals surface area contributed by atoms with Crippen molar-refractivity contribution in [1.29, 1.82) is 0 Å². The number of aryl methyl sites for hydroxylation is 1. The number of nitrogens with one attached hydrogen (secondary N) is 1. The van der Waals surface area contributed by atoms with Crippen molar-refractivity contribution in [3.05, 3.63) is 17.8 Å². The van der Waals surface area contributed by atoms with E-state index in [-0.39, 0.29) is 0 Å². The summed E-state index contributed by atoms with van der Waals surface area (Å²) >= 11 is 0. The van der Waals surface area contributed by atoms with Crippen LogP contribution < -0.4 is 11.1 Å². The number of rotatable bonds is 2. The third-order valence-corrected chi connectivity index (χ3v) is 2.32. The van der Waals surface area contributed by atoms with Crippen LogP contribution in [0.4, 0.5) is 11.5 Å². The molecule has 1 atom stereocenters. The first-order valence-corrected chi connectivity index (χ1v) is 4.82. The van der Waals surface area contributed by atoms with Gasteiger partial charge in [0.1, 0.15) is 5.82 Å². The summed E-state index contributed by atoms with van der Waals surface area (Å²) < 4.78 is 5.26. The van der Waals surface area contributed by atoms with Crippen molar-refractivity contribution >= 4 is 11.5 Å². The van der Waals surface area contributed by atoms with Gasteiger partial charge < -0.3 is 15.8 Å². The van der Waals surface area contributed by atoms with Crippen LogP contribution in [0.5, 0.6) is 0 Å². The second-order valence-corrected chi connectivity index (χ2v) is 3.66. The maximum Gasteiger partial charge on any atom is 0.149 e. The number of nitrogens with two attached hydrogens (primary N) is 1. The summed E-state index contributed by atoms with van der Waals surface area (Å²) in [5.41, 5.74) is 7.62. The van der Waals surface area contributed by atoms with Gasteiger partial charge in [-0.1, -0.05) is 0 Å². The summed E-state index contributed by atoms with van der Waals surface area (Å²) in [6.07, 6.45) is 2.84. The van der Waals surface area contributed by atoms with Crippen LogP contribution in [-0.4, -0.2) is 24.2 Å². The topological polar surface area (TPSA) is 60.2 Å². The summed E-state index contributed by atoms with van der Waals surface area (Å²) in [4.78, 5) is 4.25. The molecule has 1 aliphatic heterocycles. The molecule has 0 spiro atoms. The first-order valence-electron chi connectivity index (χ1n) is 4.82. The van der Waals surface area contributed by atoms with Crippen LogP contribution in [0.3, 0.4) is 0 Å². The Labute approximate surface area is 83.5 Å². The van der Waals surface area contributed by atoms with Gasteiger partial charge in [0.2, 0.25) is 0 Å². The molecule has 14 heavy (non-hydrogen) atoms. The van der Waals surface area contributed by atoms with E-state index in [1.54, 1.807) is 0 Å². The molecule has 2 heterocycles. The summed E-state index contributed by atoms with van der Waals surface area (Å²) in [6.45, 7) is 3.55.